The monoisotopic (exact) mass is 387 g/mol. The Morgan fingerprint density at radius 1 is 1.17 bits per heavy atom. The molecule has 0 atom stereocenters. The highest BCUT2D eigenvalue weighted by molar-refractivity contribution is 6.09. The Kier molecular flexibility index (Phi) is 5.94. The van der Waals surface area contributed by atoms with Crippen molar-refractivity contribution in [3.05, 3.63) is 88.5 Å². The molecule has 1 aromatic heterocycles. The summed E-state index contributed by atoms with van der Waals surface area (Å²) in [6, 6.07) is 17.5. The van der Waals surface area contributed by atoms with Crippen LogP contribution in [0.15, 0.2) is 60.2 Å². The fourth-order valence-corrected chi connectivity index (χ4v) is 3.37. The normalized spacial score (nSPS) is 11.2. The second-order valence-electron chi connectivity index (χ2n) is 6.77. The molecule has 0 saturated carbocycles. The minimum atomic E-state index is -0.530. The maximum absolute atomic E-state index is 13.0. The molecule has 2 aromatic carbocycles. The minimum Gasteiger partial charge on any atom is -0.321 e. The number of nitrogens with zero attached hydrogens (tertiary/aromatic N) is 2. The Bertz CT molecular complexity index is 1120. The Balaban J connectivity index is 1.95. The van der Waals surface area contributed by atoms with Gasteiger partial charge in [0.05, 0.1) is 0 Å². The zero-order valence-corrected chi connectivity index (χ0v) is 16.7. The van der Waals surface area contributed by atoms with Gasteiger partial charge in [0.2, 0.25) is 0 Å². The minimum absolute atomic E-state index is 0.0154. The number of halogens is 1. The summed E-state index contributed by atoms with van der Waals surface area (Å²) >= 11 is 0. The smallest absolute Gasteiger partial charge is 0.266 e. The first-order valence-corrected chi connectivity index (χ1v) is 9.40. The van der Waals surface area contributed by atoms with Crippen LogP contribution in [-0.4, -0.2) is 10.5 Å². The molecule has 0 bridgehead atoms. The third-order valence-electron chi connectivity index (χ3n) is 4.85. The Hall–Kier alpha value is -3.65. The molecule has 0 spiro atoms. The van der Waals surface area contributed by atoms with Crippen LogP contribution in [0.3, 0.4) is 0 Å². The van der Waals surface area contributed by atoms with Gasteiger partial charge in [-0.05, 0) is 73.9 Å². The highest BCUT2D eigenvalue weighted by atomic mass is 19.1. The average Bonchev–Trinajstić information content (AvgIpc) is 3.00. The topological polar surface area (TPSA) is 57.8 Å². The first-order chi connectivity index (χ1) is 13.9. The van der Waals surface area contributed by atoms with Crippen molar-refractivity contribution in [1.82, 2.24) is 4.57 Å². The lowest BCUT2D eigenvalue weighted by Gasteiger charge is -2.14. The number of nitriles is 1. The van der Waals surface area contributed by atoms with Crippen LogP contribution in [0.25, 0.3) is 11.8 Å². The number of para-hydroxylation sites is 1. The van der Waals surface area contributed by atoms with Crippen LogP contribution in [0.5, 0.6) is 0 Å². The molecule has 3 aromatic rings. The van der Waals surface area contributed by atoms with Gasteiger partial charge in [-0.3, -0.25) is 4.79 Å². The number of aryl methyl sites for hydroxylation is 2. The molecule has 0 unspecified atom stereocenters. The summed E-state index contributed by atoms with van der Waals surface area (Å²) in [4.78, 5) is 12.5. The number of aromatic nitrogens is 1. The second-order valence-corrected chi connectivity index (χ2v) is 6.77. The third kappa shape index (κ3) is 4.27. The van der Waals surface area contributed by atoms with Gasteiger partial charge in [-0.1, -0.05) is 25.1 Å². The van der Waals surface area contributed by atoms with Crippen LogP contribution in [0, 0.1) is 31.0 Å². The van der Waals surface area contributed by atoms with E-state index in [0.717, 1.165) is 29.1 Å². The standard InChI is InChI=1S/C24H22FN3O/c1-4-18-7-5-6-8-23(18)28-16(2)13-19(17(28)3)14-20(15-26)24(29)27-22-11-9-21(25)10-12-22/h5-14H,4H2,1-3H3,(H,27,29)/b20-14-. The van der Waals surface area contributed by atoms with Crippen LogP contribution >= 0.6 is 0 Å². The summed E-state index contributed by atoms with van der Waals surface area (Å²) in [5, 5.41) is 12.1. The predicted molar refractivity (Wildman–Crippen MR) is 113 cm³/mol. The molecule has 1 heterocycles. The second kappa shape index (κ2) is 8.57. The Morgan fingerprint density at radius 2 is 1.86 bits per heavy atom. The molecule has 3 rings (SSSR count). The van der Waals surface area contributed by atoms with E-state index >= 15 is 0 Å². The summed E-state index contributed by atoms with van der Waals surface area (Å²) in [5.74, 6) is -0.920. The van der Waals surface area contributed by atoms with E-state index in [0.29, 0.717) is 5.69 Å². The average molecular weight is 387 g/mol. The van der Waals surface area contributed by atoms with Crippen molar-refractivity contribution in [1.29, 1.82) is 5.26 Å². The molecule has 0 saturated heterocycles. The van der Waals surface area contributed by atoms with E-state index in [2.05, 4.69) is 28.9 Å². The van der Waals surface area contributed by atoms with Crippen molar-refractivity contribution in [2.75, 3.05) is 5.32 Å². The fourth-order valence-electron chi connectivity index (χ4n) is 3.37. The number of amides is 1. The highest BCUT2D eigenvalue weighted by Crippen LogP contribution is 2.25. The summed E-state index contributed by atoms with van der Waals surface area (Å²) in [6.45, 7) is 6.08. The first kappa shape index (κ1) is 20.1. The molecule has 1 N–H and O–H groups in total. The van der Waals surface area contributed by atoms with Gasteiger partial charge in [0, 0.05) is 22.8 Å². The van der Waals surface area contributed by atoms with Crippen molar-refractivity contribution in [3.8, 4) is 11.8 Å². The van der Waals surface area contributed by atoms with Crippen LogP contribution in [0.2, 0.25) is 0 Å². The first-order valence-electron chi connectivity index (χ1n) is 9.40. The van der Waals surface area contributed by atoms with Gasteiger partial charge < -0.3 is 9.88 Å². The van der Waals surface area contributed by atoms with Gasteiger partial charge in [-0.15, -0.1) is 0 Å². The number of nitrogens with one attached hydrogen (secondary N) is 1. The zero-order valence-electron chi connectivity index (χ0n) is 16.7. The number of carbonyl (C=O) groups is 1. The molecule has 0 aliphatic rings. The molecule has 29 heavy (non-hydrogen) atoms. The van der Waals surface area contributed by atoms with Crippen molar-refractivity contribution in [3.63, 3.8) is 0 Å². The molecule has 4 nitrogen and oxygen atoms in total. The van der Waals surface area contributed by atoms with E-state index in [9.17, 15) is 14.4 Å². The molecule has 0 aliphatic heterocycles. The van der Waals surface area contributed by atoms with E-state index in [4.69, 9.17) is 0 Å². The van der Waals surface area contributed by atoms with E-state index < -0.39 is 5.91 Å². The summed E-state index contributed by atoms with van der Waals surface area (Å²) in [7, 11) is 0. The molecule has 5 heteroatoms. The van der Waals surface area contributed by atoms with Crippen molar-refractivity contribution in [2.24, 2.45) is 0 Å². The summed E-state index contributed by atoms with van der Waals surface area (Å²) in [5.41, 5.74) is 5.51. The van der Waals surface area contributed by atoms with Crippen LogP contribution in [-0.2, 0) is 11.2 Å². The third-order valence-corrected chi connectivity index (χ3v) is 4.85. The van der Waals surface area contributed by atoms with Gasteiger partial charge in [0.15, 0.2) is 0 Å². The van der Waals surface area contributed by atoms with Gasteiger partial charge in [0.1, 0.15) is 17.5 Å². The van der Waals surface area contributed by atoms with Crippen molar-refractivity contribution >= 4 is 17.7 Å². The SMILES string of the molecule is CCc1ccccc1-n1c(C)cc(/C=C(/C#N)C(=O)Nc2ccc(F)cc2)c1C. The van der Waals surface area contributed by atoms with Gasteiger partial charge >= 0.3 is 0 Å². The van der Waals surface area contributed by atoms with Gasteiger partial charge in [-0.2, -0.15) is 5.26 Å². The molecular formula is C24H22FN3O. The van der Waals surface area contributed by atoms with Gasteiger partial charge in [0.25, 0.3) is 5.91 Å². The van der Waals surface area contributed by atoms with E-state index in [1.54, 1.807) is 6.08 Å². The number of carbonyl (C=O) groups excluding carboxylic acids is 1. The maximum Gasteiger partial charge on any atom is 0.266 e. The number of hydrogen-bond donors (Lipinski definition) is 1. The molecule has 0 aliphatic carbocycles. The van der Waals surface area contributed by atoms with Crippen LogP contribution < -0.4 is 5.32 Å². The highest BCUT2D eigenvalue weighted by Gasteiger charge is 2.15. The lowest BCUT2D eigenvalue weighted by Crippen LogP contribution is -2.13. The molecule has 1 amide bonds. The predicted octanol–water partition coefficient (Wildman–Crippen LogP) is 5.34. The fraction of sp³-hybridized carbons (Fsp3) is 0.167. The number of hydrogen-bond acceptors (Lipinski definition) is 2. The van der Waals surface area contributed by atoms with Crippen molar-refractivity contribution < 1.29 is 9.18 Å². The van der Waals surface area contributed by atoms with E-state index in [1.165, 1.54) is 29.8 Å². The summed E-state index contributed by atoms with van der Waals surface area (Å²) in [6.07, 6.45) is 2.49. The van der Waals surface area contributed by atoms with E-state index in [1.807, 2.05) is 38.1 Å². The Labute approximate surface area is 169 Å². The zero-order chi connectivity index (χ0) is 21.0. The van der Waals surface area contributed by atoms with Crippen LogP contribution in [0.4, 0.5) is 10.1 Å². The maximum atomic E-state index is 13.0. The molecule has 146 valence electrons. The Morgan fingerprint density at radius 3 is 2.52 bits per heavy atom. The van der Waals surface area contributed by atoms with Crippen LogP contribution in [0.1, 0.15) is 29.4 Å². The lowest BCUT2D eigenvalue weighted by molar-refractivity contribution is -0.112. The molecule has 0 fully saturated rings. The molecule has 0 radical (unpaired) electrons. The largest absolute Gasteiger partial charge is 0.321 e. The van der Waals surface area contributed by atoms with Gasteiger partial charge in [-0.25, -0.2) is 4.39 Å². The summed E-state index contributed by atoms with van der Waals surface area (Å²) < 4.78 is 15.2. The van der Waals surface area contributed by atoms with Crippen molar-refractivity contribution in [2.45, 2.75) is 27.2 Å². The number of anilines is 1. The molecular weight excluding hydrogens is 365 g/mol. The number of benzene rings is 2. The van der Waals surface area contributed by atoms with E-state index in [-0.39, 0.29) is 11.4 Å². The quantitative estimate of drug-likeness (QED) is 0.474. The number of rotatable bonds is 5. The lowest BCUT2D eigenvalue weighted by atomic mass is 10.1.